The van der Waals surface area contributed by atoms with E-state index in [1.165, 1.54) is 38.5 Å². The molecule has 0 atom stereocenters. The van der Waals surface area contributed by atoms with Crippen molar-refractivity contribution >= 4 is 29.6 Å². The Morgan fingerprint density at radius 3 is 2.25 bits per heavy atom. The number of carbonyl (C=O) groups excluding carboxylic acids is 3. The van der Waals surface area contributed by atoms with Gasteiger partial charge in [-0.2, -0.15) is 5.01 Å². The van der Waals surface area contributed by atoms with Gasteiger partial charge < -0.3 is 5.32 Å². The third-order valence-electron chi connectivity index (χ3n) is 8.02. The molecule has 2 N–H and O–H groups in total. The zero-order valence-electron chi connectivity index (χ0n) is 16.7. The van der Waals surface area contributed by atoms with Gasteiger partial charge in [-0.15, -0.1) is 11.8 Å². The lowest BCUT2D eigenvalue weighted by Gasteiger charge is -2.56. The molecule has 0 aromatic carbocycles. The lowest BCUT2D eigenvalue weighted by atomic mass is 9.56. The zero-order chi connectivity index (χ0) is 19.5. The number of imide groups is 1. The van der Waals surface area contributed by atoms with Crippen molar-refractivity contribution in [2.24, 2.45) is 23.7 Å². The topological polar surface area (TPSA) is 78.5 Å². The summed E-state index contributed by atoms with van der Waals surface area (Å²) >= 11 is 1.77. The van der Waals surface area contributed by atoms with Gasteiger partial charge >= 0.3 is 6.03 Å². The molecule has 5 aliphatic carbocycles. The van der Waals surface area contributed by atoms with Crippen LogP contribution in [-0.2, 0) is 9.59 Å². The first-order valence-electron chi connectivity index (χ1n) is 11.0. The fourth-order valence-electron chi connectivity index (χ4n) is 6.90. The van der Waals surface area contributed by atoms with Gasteiger partial charge in [-0.3, -0.25) is 15.0 Å². The minimum Gasteiger partial charge on any atom is -0.322 e. The number of rotatable bonds is 4. The van der Waals surface area contributed by atoms with Crippen LogP contribution in [0.15, 0.2) is 0 Å². The van der Waals surface area contributed by atoms with Crippen molar-refractivity contribution < 1.29 is 14.4 Å². The Bertz CT molecular complexity index is 666. The maximum Gasteiger partial charge on any atom is 0.344 e. The number of carbonyl (C=O) groups is 3. The molecule has 0 aromatic rings. The van der Waals surface area contributed by atoms with Crippen molar-refractivity contribution in [1.82, 2.24) is 15.8 Å². The SMILES string of the molecule is CC1CCC2(CC1)NC(=O)N(NC(=O)CSC13CC4CC(CC(C4)C1)C3)C2=O. The summed E-state index contributed by atoms with van der Waals surface area (Å²) in [6.07, 6.45) is 11.0. The summed E-state index contributed by atoms with van der Waals surface area (Å²) in [6, 6.07) is -0.479. The summed E-state index contributed by atoms with van der Waals surface area (Å²) in [5.74, 6) is 2.94. The summed E-state index contributed by atoms with van der Waals surface area (Å²) in [6.45, 7) is 2.18. The van der Waals surface area contributed by atoms with E-state index in [9.17, 15) is 14.4 Å². The molecule has 6 fully saturated rings. The van der Waals surface area contributed by atoms with Crippen LogP contribution in [0.2, 0.25) is 0 Å². The minimum atomic E-state index is -0.802. The van der Waals surface area contributed by atoms with Gasteiger partial charge in [0.2, 0.25) is 5.91 Å². The first-order chi connectivity index (χ1) is 13.4. The second-order valence-corrected chi connectivity index (χ2v) is 11.7. The van der Waals surface area contributed by atoms with E-state index < -0.39 is 11.6 Å². The van der Waals surface area contributed by atoms with Gasteiger partial charge in [0, 0.05) is 4.75 Å². The number of thioether (sulfide) groups is 1. The van der Waals surface area contributed by atoms with Crippen LogP contribution in [0.1, 0.15) is 71.1 Å². The first-order valence-corrected chi connectivity index (χ1v) is 12.0. The molecule has 6 aliphatic rings. The van der Waals surface area contributed by atoms with Crippen LogP contribution in [0, 0.1) is 23.7 Å². The van der Waals surface area contributed by atoms with Crippen LogP contribution < -0.4 is 10.7 Å². The van der Waals surface area contributed by atoms with Crippen LogP contribution >= 0.6 is 11.8 Å². The fraction of sp³-hybridized carbons (Fsp3) is 0.857. The molecule has 1 spiro atoms. The number of nitrogens with one attached hydrogen (secondary N) is 2. The molecule has 5 saturated carbocycles. The van der Waals surface area contributed by atoms with E-state index in [0.717, 1.165) is 35.6 Å². The number of urea groups is 1. The van der Waals surface area contributed by atoms with E-state index in [1.807, 2.05) is 0 Å². The average molecular weight is 406 g/mol. The second kappa shape index (κ2) is 6.64. The molecular formula is C21H31N3O3S. The van der Waals surface area contributed by atoms with Gasteiger partial charge in [-0.05, 0) is 87.9 Å². The molecule has 4 bridgehead atoms. The van der Waals surface area contributed by atoms with E-state index >= 15 is 0 Å². The van der Waals surface area contributed by atoms with Crippen LogP contribution in [-0.4, -0.2) is 38.9 Å². The molecule has 1 aliphatic heterocycles. The Hall–Kier alpha value is -1.24. The third kappa shape index (κ3) is 3.14. The first kappa shape index (κ1) is 18.8. The monoisotopic (exact) mass is 405 g/mol. The summed E-state index contributed by atoms with van der Waals surface area (Å²) in [5, 5.41) is 3.80. The molecule has 28 heavy (non-hydrogen) atoms. The normalized spacial score (nSPS) is 44.2. The molecule has 154 valence electrons. The molecule has 6 nitrogen and oxygen atoms in total. The van der Waals surface area contributed by atoms with Gasteiger partial charge in [0.05, 0.1) is 5.75 Å². The summed E-state index contributed by atoms with van der Waals surface area (Å²) in [5.41, 5.74) is 1.80. The van der Waals surface area contributed by atoms with Gasteiger partial charge in [0.15, 0.2) is 0 Å². The van der Waals surface area contributed by atoms with E-state index in [0.29, 0.717) is 24.5 Å². The number of hydrogen-bond donors (Lipinski definition) is 2. The predicted molar refractivity (Wildman–Crippen MR) is 107 cm³/mol. The number of hydrogen-bond acceptors (Lipinski definition) is 4. The van der Waals surface area contributed by atoms with Crippen LogP contribution in [0.4, 0.5) is 4.79 Å². The van der Waals surface area contributed by atoms with Crippen LogP contribution in [0.5, 0.6) is 0 Å². The quantitative estimate of drug-likeness (QED) is 0.704. The zero-order valence-corrected chi connectivity index (χ0v) is 17.5. The van der Waals surface area contributed by atoms with Crippen molar-refractivity contribution in [3.63, 3.8) is 0 Å². The van der Waals surface area contributed by atoms with E-state index in [1.54, 1.807) is 11.8 Å². The lowest BCUT2D eigenvalue weighted by Crippen LogP contribution is -2.52. The van der Waals surface area contributed by atoms with Gasteiger partial charge in [0.25, 0.3) is 5.91 Å². The molecular weight excluding hydrogens is 374 g/mol. The Kier molecular flexibility index (Phi) is 4.45. The highest BCUT2D eigenvalue weighted by molar-refractivity contribution is 8.01. The molecule has 0 aromatic heterocycles. The van der Waals surface area contributed by atoms with Crippen molar-refractivity contribution in [2.75, 3.05) is 5.75 Å². The van der Waals surface area contributed by atoms with Gasteiger partial charge in [-0.1, -0.05) is 6.92 Å². The molecule has 1 heterocycles. The molecule has 0 radical (unpaired) electrons. The highest BCUT2D eigenvalue weighted by Crippen LogP contribution is 2.60. The summed E-state index contributed by atoms with van der Waals surface area (Å²) in [7, 11) is 0. The minimum absolute atomic E-state index is 0.231. The van der Waals surface area contributed by atoms with Crippen molar-refractivity contribution in [1.29, 1.82) is 0 Å². The predicted octanol–water partition coefficient (Wildman–Crippen LogP) is 3.22. The standard InChI is InChI=1S/C21H31N3O3S/c1-13-2-4-21(5-3-13)18(26)24(19(27)22-21)23-17(25)12-28-20-9-14-6-15(10-20)8-16(7-14)11-20/h13-16H,2-12H2,1H3,(H,22,27)(H,23,25). The van der Waals surface area contributed by atoms with Crippen LogP contribution in [0.25, 0.3) is 0 Å². The van der Waals surface area contributed by atoms with E-state index in [2.05, 4.69) is 17.7 Å². The Balaban J connectivity index is 1.18. The molecule has 1 saturated heterocycles. The van der Waals surface area contributed by atoms with E-state index in [4.69, 9.17) is 0 Å². The Labute approximate surface area is 170 Å². The number of nitrogens with zero attached hydrogens (tertiary/aromatic N) is 1. The molecule has 4 amide bonds. The maximum absolute atomic E-state index is 12.9. The Morgan fingerprint density at radius 2 is 1.68 bits per heavy atom. The fourth-order valence-corrected chi connectivity index (χ4v) is 8.46. The highest BCUT2D eigenvalue weighted by atomic mass is 32.2. The van der Waals surface area contributed by atoms with Crippen LogP contribution in [0.3, 0.4) is 0 Å². The number of hydrazine groups is 1. The molecule has 6 rings (SSSR count). The molecule has 0 unspecified atom stereocenters. The summed E-state index contributed by atoms with van der Waals surface area (Å²) in [4.78, 5) is 37.9. The summed E-state index contributed by atoms with van der Waals surface area (Å²) < 4.78 is 0.254. The maximum atomic E-state index is 12.9. The van der Waals surface area contributed by atoms with Crippen molar-refractivity contribution in [3.8, 4) is 0 Å². The largest absolute Gasteiger partial charge is 0.344 e. The van der Waals surface area contributed by atoms with Gasteiger partial charge in [-0.25, -0.2) is 4.79 Å². The van der Waals surface area contributed by atoms with Gasteiger partial charge in [0.1, 0.15) is 5.54 Å². The van der Waals surface area contributed by atoms with Crippen molar-refractivity contribution in [2.45, 2.75) is 81.4 Å². The lowest BCUT2D eigenvalue weighted by molar-refractivity contribution is -0.139. The number of amides is 4. The molecule has 7 heteroatoms. The average Bonchev–Trinajstić information content (AvgIpc) is 2.86. The Morgan fingerprint density at radius 1 is 1.11 bits per heavy atom. The third-order valence-corrected chi connectivity index (χ3v) is 9.54. The second-order valence-electron chi connectivity index (χ2n) is 10.3. The van der Waals surface area contributed by atoms with Crippen molar-refractivity contribution in [3.05, 3.63) is 0 Å². The highest BCUT2D eigenvalue weighted by Gasteiger charge is 2.54. The smallest absolute Gasteiger partial charge is 0.322 e. The van der Waals surface area contributed by atoms with E-state index in [-0.39, 0.29) is 16.6 Å².